The number of fused-ring (bicyclic) bond motifs is 1. The second kappa shape index (κ2) is 6.68. The van der Waals surface area contributed by atoms with Gasteiger partial charge in [0.05, 0.1) is 18.8 Å². The van der Waals surface area contributed by atoms with E-state index < -0.39 is 12.0 Å². The molecule has 7 nitrogen and oxygen atoms in total. The Morgan fingerprint density at radius 3 is 2.88 bits per heavy atom. The van der Waals surface area contributed by atoms with Crippen LogP contribution in [0.4, 0.5) is 0 Å². The van der Waals surface area contributed by atoms with Crippen molar-refractivity contribution in [3.05, 3.63) is 65.9 Å². The molecule has 1 aliphatic heterocycles. The van der Waals surface area contributed by atoms with Gasteiger partial charge in [0.25, 0.3) is 0 Å². The highest BCUT2D eigenvalue weighted by atomic mass is 16.4. The Balaban J connectivity index is 1.61. The van der Waals surface area contributed by atoms with Crippen LogP contribution >= 0.6 is 0 Å². The summed E-state index contributed by atoms with van der Waals surface area (Å²) in [5, 5.41) is 17.9. The maximum atomic E-state index is 11.8. The van der Waals surface area contributed by atoms with E-state index in [-0.39, 0.29) is 0 Å². The van der Waals surface area contributed by atoms with Crippen molar-refractivity contribution < 1.29 is 9.90 Å². The molecule has 132 valence electrons. The molecule has 1 atom stereocenters. The number of hydrogen-bond acceptors (Lipinski definition) is 5. The van der Waals surface area contributed by atoms with Crippen LogP contribution < -0.4 is 0 Å². The molecule has 0 radical (unpaired) electrons. The SMILES string of the molecule is Cc1nnc2n1CC(C(=O)O)N(Cc1cccc(-c3ccccn3)c1)C2. The number of aryl methyl sites for hydroxylation is 1. The van der Waals surface area contributed by atoms with Gasteiger partial charge in [-0.25, -0.2) is 0 Å². The summed E-state index contributed by atoms with van der Waals surface area (Å²) in [6.07, 6.45) is 1.77. The van der Waals surface area contributed by atoms with Crippen LogP contribution in [0.2, 0.25) is 0 Å². The first kappa shape index (κ1) is 16.4. The molecule has 1 aliphatic rings. The number of benzene rings is 1. The molecule has 3 aromatic rings. The molecule has 0 spiro atoms. The Bertz CT molecular complexity index is 938. The molecule has 0 bridgehead atoms. The number of hydrogen-bond donors (Lipinski definition) is 1. The first-order chi connectivity index (χ1) is 12.6. The van der Waals surface area contributed by atoms with Gasteiger partial charge in [0, 0.05) is 18.3 Å². The lowest BCUT2D eigenvalue weighted by Crippen LogP contribution is -2.47. The summed E-state index contributed by atoms with van der Waals surface area (Å²) in [4.78, 5) is 18.1. The third-order valence-electron chi connectivity index (χ3n) is 4.71. The number of aliphatic carboxylic acids is 1. The molecule has 0 saturated carbocycles. The fourth-order valence-electron chi connectivity index (χ4n) is 3.36. The van der Waals surface area contributed by atoms with Crippen molar-refractivity contribution in [3.8, 4) is 11.3 Å². The van der Waals surface area contributed by atoms with Gasteiger partial charge in [-0.15, -0.1) is 10.2 Å². The van der Waals surface area contributed by atoms with Crippen molar-refractivity contribution in [1.29, 1.82) is 0 Å². The van der Waals surface area contributed by atoms with E-state index in [1.807, 2.05) is 52.8 Å². The van der Waals surface area contributed by atoms with Gasteiger partial charge in [-0.1, -0.05) is 24.3 Å². The van der Waals surface area contributed by atoms with Crippen LogP contribution in [-0.2, 0) is 24.4 Å². The van der Waals surface area contributed by atoms with Crippen molar-refractivity contribution in [2.45, 2.75) is 32.6 Å². The molecule has 0 aliphatic carbocycles. The van der Waals surface area contributed by atoms with E-state index in [2.05, 4.69) is 21.2 Å². The van der Waals surface area contributed by atoms with Crippen LogP contribution in [0.5, 0.6) is 0 Å². The maximum absolute atomic E-state index is 11.8. The molecule has 1 N–H and O–H groups in total. The summed E-state index contributed by atoms with van der Waals surface area (Å²) in [5.41, 5.74) is 2.97. The van der Waals surface area contributed by atoms with Gasteiger partial charge in [-0.05, 0) is 30.7 Å². The first-order valence-corrected chi connectivity index (χ1v) is 8.47. The highest BCUT2D eigenvalue weighted by Crippen LogP contribution is 2.23. The third-order valence-corrected chi connectivity index (χ3v) is 4.71. The van der Waals surface area contributed by atoms with Crippen LogP contribution in [0, 0.1) is 6.92 Å². The Hall–Kier alpha value is -3.06. The fourth-order valence-corrected chi connectivity index (χ4v) is 3.36. The summed E-state index contributed by atoms with van der Waals surface area (Å²) < 4.78 is 1.89. The number of aromatic nitrogens is 4. The number of rotatable bonds is 4. The zero-order chi connectivity index (χ0) is 18.1. The molecule has 4 rings (SSSR count). The second-order valence-electron chi connectivity index (χ2n) is 6.45. The molecule has 7 heteroatoms. The predicted molar refractivity (Wildman–Crippen MR) is 95.1 cm³/mol. The van der Waals surface area contributed by atoms with Crippen LogP contribution in [0.15, 0.2) is 48.7 Å². The molecule has 3 heterocycles. The van der Waals surface area contributed by atoms with Crippen LogP contribution in [0.1, 0.15) is 17.2 Å². The van der Waals surface area contributed by atoms with E-state index in [0.29, 0.717) is 19.6 Å². The van der Waals surface area contributed by atoms with Crippen molar-refractivity contribution >= 4 is 5.97 Å². The summed E-state index contributed by atoms with van der Waals surface area (Å²) in [6.45, 7) is 3.21. The lowest BCUT2D eigenvalue weighted by atomic mass is 10.1. The van der Waals surface area contributed by atoms with E-state index >= 15 is 0 Å². The average molecular weight is 349 g/mol. The lowest BCUT2D eigenvalue weighted by molar-refractivity contribution is -0.145. The third kappa shape index (κ3) is 3.09. The van der Waals surface area contributed by atoms with Gasteiger partial charge in [0.1, 0.15) is 17.7 Å². The topological polar surface area (TPSA) is 84.1 Å². The minimum atomic E-state index is -0.829. The Labute approximate surface area is 150 Å². The fraction of sp³-hybridized carbons (Fsp3) is 0.263. The van der Waals surface area contributed by atoms with Crippen molar-refractivity contribution in [1.82, 2.24) is 24.6 Å². The quantitative estimate of drug-likeness (QED) is 0.777. The van der Waals surface area contributed by atoms with E-state index in [1.165, 1.54) is 0 Å². The van der Waals surface area contributed by atoms with E-state index in [4.69, 9.17) is 0 Å². The van der Waals surface area contributed by atoms with E-state index in [0.717, 1.165) is 28.5 Å². The molecule has 1 aromatic carbocycles. The predicted octanol–water partition coefficient (Wildman–Crippen LogP) is 2.12. The largest absolute Gasteiger partial charge is 0.480 e. The number of nitrogens with zero attached hydrogens (tertiary/aromatic N) is 5. The Morgan fingerprint density at radius 2 is 2.12 bits per heavy atom. The molecule has 2 aromatic heterocycles. The minimum absolute atomic E-state index is 0.365. The van der Waals surface area contributed by atoms with Crippen molar-refractivity contribution in [2.24, 2.45) is 0 Å². The van der Waals surface area contributed by atoms with E-state index in [1.54, 1.807) is 6.20 Å². The van der Waals surface area contributed by atoms with Gasteiger partial charge in [0.2, 0.25) is 0 Å². The smallest absolute Gasteiger partial charge is 0.322 e. The monoisotopic (exact) mass is 349 g/mol. The highest BCUT2D eigenvalue weighted by Gasteiger charge is 2.33. The molecule has 0 amide bonds. The number of carboxylic acid groups (broad SMARTS) is 1. The van der Waals surface area contributed by atoms with Crippen molar-refractivity contribution in [2.75, 3.05) is 0 Å². The first-order valence-electron chi connectivity index (χ1n) is 8.47. The van der Waals surface area contributed by atoms with Crippen LogP contribution in [-0.4, -0.2) is 41.8 Å². The zero-order valence-corrected chi connectivity index (χ0v) is 14.4. The number of pyridine rings is 1. The standard InChI is InChI=1S/C19H19N5O2/c1-13-21-22-18-12-23(17(19(25)26)11-24(13)18)10-14-5-4-6-15(9-14)16-7-2-3-8-20-16/h2-9,17H,10-12H2,1H3,(H,25,26). The Kier molecular flexibility index (Phi) is 4.22. The highest BCUT2D eigenvalue weighted by molar-refractivity contribution is 5.73. The minimum Gasteiger partial charge on any atom is -0.480 e. The molecule has 1 unspecified atom stereocenters. The molecular weight excluding hydrogens is 330 g/mol. The summed E-state index contributed by atoms with van der Waals surface area (Å²) in [6, 6.07) is 13.3. The summed E-state index contributed by atoms with van der Waals surface area (Å²) >= 11 is 0. The number of carboxylic acids is 1. The van der Waals surface area contributed by atoms with Crippen molar-refractivity contribution in [3.63, 3.8) is 0 Å². The van der Waals surface area contributed by atoms with Gasteiger partial charge in [0.15, 0.2) is 0 Å². The van der Waals surface area contributed by atoms with Crippen LogP contribution in [0.25, 0.3) is 11.3 Å². The molecule has 26 heavy (non-hydrogen) atoms. The summed E-state index contributed by atoms with van der Waals surface area (Å²) in [5.74, 6) is 0.730. The number of carbonyl (C=O) groups is 1. The summed E-state index contributed by atoms with van der Waals surface area (Å²) in [7, 11) is 0. The Morgan fingerprint density at radius 1 is 1.23 bits per heavy atom. The molecule has 0 saturated heterocycles. The molecular formula is C19H19N5O2. The zero-order valence-electron chi connectivity index (χ0n) is 14.4. The molecule has 0 fully saturated rings. The van der Waals surface area contributed by atoms with Gasteiger partial charge in [-0.2, -0.15) is 0 Å². The van der Waals surface area contributed by atoms with Crippen LogP contribution in [0.3, 0.4) is 0 Å². The average Bonchev–Trinajstić information content (AvgIpc) is 3.02. The lowest BCUT2D eigenvalue weighted by Gasteiger charge is -2.33. The van der Waals surface area contributed by atoms with Gasteiger partial charge in [-0.3, -0.25) is 14.7 Å². The normalized spacial score (nSPS) is 17.0. The van der Waals surface area contributed by atoms with Gasteiger partial charge < -0.3 is 9.67 Å². The van der Waals surface area contributed by atoms with Gasteiger partial charge >= 0.3 is 5.97 Å². The maximum Gasteiger partial charge on any atom is 0.322 e. The second-order valence-corrected chi connectivity index (χ2v) is 6.45. The van der Waals surface area contributed by atoms with E-state index in [9.17, 15) is 9.90 Å².